The Bertz CT molecular complexity index is 612. The van der Waals surface area contributed by atoms with Gasteiger partial charge in [0.05, 0.1) is 12.1 Å². The summed E-state index contributed by atoms with van der Waals surface area (Å²) in [7, 11) is 0. The Morgan fingerprint density at radius 3 is 3.05 bits per heavy atom. The molecule has 0 radical (unpaired) electrons. The molecular weight excluding hydrogens is 242 g/mol. The van der Waals surface area contributed by atoms with Gasteiger partial charge in [0.2, 0.25) is 0 Å². The van der Waals surface area contributed by atoms with Crippen LogP contribution in [0.5, 0.6) is 0 Å². The summed E-state index contributed by atoms with van der Waals surface area (Å²) in [5, 5.41) is 25.9. The predicted molar refractivity (Wildman–Crippen MR) is 67.1 cm³/mol. The number of hydrogen-bond acceptors (Lipinski definition) is 6. The van der Waals surface area contributed by atoms with Gasteiger partial charge in [-0.05, 0) is 37.3 Å². The van der Waals surface area contributed by atoms with E-state index in [1.54, 1.807) is 0 Å². The van der Waals surface area contributed by atoms with E-state index in [1.807, 2.05) is 6.07 Å². The first-order chi connectivity index (χ1) is 9.36. The van der Waals surface area contributed by atoms with Gasteiger partial charge in [0.25, 0.3) is 0 Å². The summed E-state index contributed by atoms with van der Waals surface area (Å²) in [6.45, 7) is 0.400. The average Bonchev–Trinajstić information content (AvgIpc) is 2.97. The van der Waals surface area contributed by atoms with E-state index in [9.17, 15) is 5.26 Å². The van der Waals surface area contributed by atoms with Crippen molar-refractivity contribution < 1.29 is 0 Å². The summed E-state index contributed by atoms with van der Waals surface area (Å²) >= 11 is 0. The van der Waals surface area contributed by atoms with Crippen molar-refractivity contribution >= 4 is 5.82 Å². The maximum atomic E-state index is 9.20. The van der Waals surface area contributed by atoms with Crippen LogP contribution < -0.4 is 5.32 Å². The first-order valence-corrected chi connectivity index (χ1v) is 6.26. The van der Waals surface area contributed by atoms with Gasteiger partial charge in [-0.15, -0.1) is 10.2 Å². The molecule has 2 N–H and O–H groups in total. The normalized spacial score (nSPS) is 13.6. The van der Waals surface area contributed by atoms with Gasteiger partial charge in [0.1, 0.15) is 11.9 Å². The first-order valence-electron chi connectivity index (χ1n) is 6.26. The van der Waals surface area contributed by atoms with E-state index in [0.717, 1.165) is 25.0 Å². The van der Waals surface area contributed by atoms with E-state index in [0.29, 0.717) is 23.8 Å². The molecule has 0 fully saturated rings. The topological polar surface area (TPSA) is 103 Å². The predicted octanol–water partition coefficient (Wildman–Crippen LogP) is 0.957. The Labute approximate surface area is 110 Å². The molecule has 2 heterocycles. The highest BCUT2D eigenvalue weighted by Gasteiger charge is 2.15. The van der Waals surface area contributed by atoms with E-state index in [1.165, 1.54) is 12.0 Å². The van der Waals surface area contributed by atoms with Gasteiger partial charge in [-0.1, -0.05) is 5.21 Å². The number of H-pyrrole nitrogens is 1. The number of pyridine rings is 1. The minimum absolute atomic E-state index is 0.400. The number of aromatic nitrogens is 5. The molecule has 0 unspecified atom stereocenters. The van der Waals surface area contributed by atoms with Crippen LogP contribution >= 0.6 is 0 Å². The highest BCUT2D eigenvalue weighted by Crippen LogP contribution is 2.24. The molecule has 0 aromatic carbocycles. The number of nitrogens with one attached hydrogen (secondary N) is 2. The van der Waals surface area contributed by atoms with E-state index in [-0.39, 0.29) is 0 Å². The highest BCUT2D eigenvalue weighted by atomic mass is 15.5. The van der Waals surface area contributed by atoms with Crippen LogP contribution in [-0.2, 0) is 19.4 Å². The second-order valence-electron chi connectivity index (χ2n) is 4.49. The standard InChI is InChI=1S/C12H13N7/c13-6-9-5-8-3-1-2-4-10(8)15-12(9)14-7-11-16-18-19-17-11/h5H,1-4,7H2,(H,14,15)(H,16,17,18,19). The molecule has 0 bridgehead atoms. The summed E-state index contributed by atoms with van der Waals surface area (Å²) in [4.78, 5) is 4.56. The van der Waals surface area contributed by atoms with Crippen LogP contribution in [-0.4, -0.2) is 25.6 Å². The summed E-state index contributed by atoms with van der Waals surface area (Å²) in [5.41, 5.74) is 2.87. The van der Waals surface area contributed by atoms with Gasteiger partial charge in [0, 0.05) is 5.69 Å². The number of aromatic amines is 1. The maximum absolute atomic E-state index is 9.20. The number of rotatable bonds is 3. The molecule has 1 aliphatic rings. The molecule has 19 heavy (non-hydrogen) atoms. The van der Waals surface area contributed by atoms with Crippen molar-refractivity contribution in [2.45, 2.75) is 32.2 Å². The zero-order chi connectivity index (χ0) is 13.1. The molecule has 0 saturated heterocycles. The van der Waals surface area contributed by atoms with Crippen molar-refractivity contribution in [3.8, 4) is 6.07 Å². The third kappa shape index (κ3) is 2.38. The molecule has 2 aromatic rings. The lowest BCUT2D eigenvalue weighted by Gasteiger charge is -2.16. The Kier molecular flexibility index (Phi) is 3.06. The van der Waals surface area contributed by atoms with Gasteiger partial charge in [-0.25, -0.2) is 4.98 Å². The fourth-order valence-corrected chi connectivity index (χ4v) is 2.27. The van der Waals surface area contributed by atoms with Gasteiger partial charge >= 0.3 is 0 Å². The van der Waals surface area contributed by atoms with Crippen LogP contribution in [0.2, 0.25) is 0 Å². The Balaban J connectivity index is 1.85. The van der Waals surface area contributed by atoms with Crippen molar-refractivity contribution in [1.29, 1.82) is 5.26 Å². The molecule has 7 heteroatoms. The molecule has 96 valence electrons. The van der Waals surface area contributed by atoms with Crippen molar-refractivity contribution in [2.24, 2.45) is 0 Å². The van der Waals surface area contributed by atoms with E-state index in [2.05, 4.69) is 37.0 Å². The van der Waals surface area contributed by atoms with Gasteiger partial charge in [-0.3, -0.25) is 0 Å². The van der Waals surface area contributed by atoms with Crippen molar-refractivity contribution in [2.75, 3.05) is 5.32 Å². The van der Waals surface area contributed by atoms with Crippen molar-refractivity contribution in [3.63, 3.8) is 0 Å². The fourth-order valence-electron chi connectivity index (χ4n) is 2.27. The molecule has 0 aliphatic heterocycles. The van der Waals surface area contributed by atoms with Crippen LogP contribution in [0.3, 0.4) is 0 Å². The number of aryl methyl sites for hydroxylation is 2. The van der Waals surface area contributed by atoms with Gasteiger partial charge in [-0.2, -0.15) is 10.5 Å². The maximum Gasteiger partial charge on any atom is 0.193 e. The fraction of sp³-hybridized carbons (Fsp3) is 0.417. The number of nitriles is 1. The van der Waals surface area contributed by atoms with Gasteiger partial charge in [0.15, 0.2) is 5.82 Å². The molecule has 0 spiro atoms. The molecule has 7 nitrogen and oxygen atoms in total. The molecule has 0 atom stereocenters. The highest BCUT2D eigenvalue weighted by molar-refractivity contribution is 5.54. The van der Waals surface area contributed by atoms with Crippen molar-refractivity contribution in [1.82, 2.24) is 25.6 Å². The smallest absolute Gasteiger partial charge is 0.193 e. The number of fused-ring (bicyclic) bond motifs is 1. The van der Waals surface area contributed by atoms with Crippen molar-refractivity contribution in [3.05, 3.63) is 28.7 Å². The Hall–Kier alpha value is -2.49. The lowest BCUT2D eigenvalue weighted by molar-refractivity contribution is 0.667. The molecule has 0 saturated carbocycles. The molecule has 2 aromatic heterocycles. The third-order valence-electron chi connectivity index (χ3n) is 3.22. The molecular formula is C12H13N7. The average molecular weight is 255 g/mol. The number of hydrogen-bond donors (Lipinski definition) is 2. The van der Waals surface area contributed by atoms with E-state index >= 15 is 0 Å². The molecule has 3 rings (SSSR count). The summed E-state index contributed by atoms with van der Waals surface area (Å²) in [6, 6.07) is 4.13. The Morgan fingerprint density at radius 2 is 2.26 bits per heavy atom. The molecule has 0 amide bonds. The second kappa shape index (κ2) is 5.02. The largest absolute Gasteiger partial charge is 0.362 e. The number of nitrogens with zero attached hydrogens (tertiary/aromatic N) is 5. The zero-order valence-electron chi connectivity index (χ0n) is 10.3. The van der Waals surface area contributed by atoms with Crippen LogP contribution in [0.25, 0.3) is 0 Å². The lowest BCUT2D eigenvalue weighted by Crippen LogP contribution is -2.11. The quantitative estimate of drug-likeness (QED) is 0.846. The number of anilines is 1. The second-order valence-corrected chi connectivity index (χ2v) is 4.49. The van der Waals surface area contributed by atoms with E-state index in [4.69, 9.17) is 0 Å². The number of tetrazole rings is 1. The SMILES string of the molecule is N#Cc1cc2c(nc1NCc1nn[nH]n1)CCCC2. The first kappa shape index (κ1) is 11.6. The Morgan fingerprint density at radius 1 is 1.37 bits per heavy atom. The monoisotopic (exact) mass is 255 g/mol. The summed E-state index contributed by atoms with van der Waals surface area (Å²) < 4.78 is 0. The van der Waals surface area contributed by atoms with Crippen LogP contribution in [0, 0.1) is 11.3 Å². The van der Waals surface area contributed by atoms with Crippen LogP contribution in [0.4, 0.5) is 5.82 Å². The van der Waals surface area contributed by atoms with Crippen LogP contribution in [0.15, 0.2) is 6.07 Å². The minimum Gasteiger partial charge on any atom is -0.362 e. The lowest BCUT2D eigenvalue weighted by atomic mass is 9.95. The van der Waals surface area contributed by atoms with E-state index < -0.39 is 0 Å². The molecule has 1 aliphatic carbocycles. The zero-order valence-corrected chi connectivity index (χ0v) is 10.3. The van der Waals surface area contributed by atoms with Gasteiger partial charge < -0.3 is 5.32 Å². The van der Waals surface area contributed by atoms with Crippen LogP contribution in [0.1, 0.15) is 35.5 Å². The summed E-state index contributed by atoms with van der Waals surface area (Å²) in [6.07, 6.45) is 4.34. The summed E-state index contributed by atoms with van der Waals surface area (Å²) in [5.74, 6) is 1.15. The third-order valence-corrected chi connectivity index (χ3v) is 3.22. The minimum atomic E-state index is 0.400.